The lowest BCUT2D eigenvalue weighted by Crippen LogP contribution is -2.39. The number of hydrogen-bond acceptors (Lipinski definition) is 3. The molecule has 0 spiro atoms. The van der Waals surface area contributed by atoms with Crippen molar-refractivity contribution in [2.45, 2.75) is 26.3 Å². The molecule has 0 saturated heterocycles. The van der Waals surface area contributed by atoms with Crippen molar-refractivity contribution >= 4 is 29.9 Å². The topological polar surface area (TPSA) is 67.1 Å². The highest BCUT2D eigenvalue weighted by Crippen LogP contribution is 1.99. The fourth-order valence-electron chi connectivity index (χ4n) is 2.07. The molecule has 6 nitrogen and oxygen atoms in total. The van der Waals surface area contributed by atoms with E-state index in [4.69, 9.17) is 0 Å². The average molecular weight is 428 g/mol. The molecule has 0 unspecified atom stereocenters. The Morgan fingerprint density at radius 1 is 1.26 bits per heavy atom. The van der Waals surface area contributed by atoms with Gasteiger partial charge >= 0.3 is 0 Å². The number of guanidine groups is 1. The van der Waals surface area contributed by atoms with Gasteiger partial charge in [0.05, 0.1) is 0 Å². The van der Waals surface area contributed by atoms with Crippen LogP contribution < -0.4 is 10.6 Å². The first-order chi connectivity index (χ1) is 10.8. The van der Waals surface area contributed by atoms with Crippen LogP contribution in [0.5, 0.6) is 0 Å². The Hall–Kier alpha value is -1.64. The molecule has 2 N–H and O–H groups in total. The normalized spacial score (nSPS) is 11.0. The van der Waals surface area contributed by atoms with E-state index in [1.807, 2.05) is 36.1 Å². The van der Waals surface area contributed by atoms with Crippen LogP contribution in [0.1, 0.15) is 17.7 Å². The zero-order valence-electron chi connectivity index (χ0n) is 13.7. The van der Waals surface area contributed by atoms with E-state index in [0.29, 0.717) is 0 Å². The molecule has 2 aromatic rings. The molecule has 2 heterocycles. The largest absolute Gasteiger partial charge is 0.356 e. The standard InChI is InChI=1S/C16H24N6.HI/c1-14-5-6-15(13-20-14)7-10-19-16(17-2)18-8-3-11-22-12-4-9-21-22;/h4-6,9,12-13H,3,7-8,10-11H2,1-2H3,(H2,17,18,19);1H. The van der Waals surface area contributed by atoms with E-state index in [1.54, 1.807) is 13.2 Å². The summed E-state index contributed by atoms with van der Waals surface area (Å²) in [6.45, 7) is 4.61. The third-order valence-electron chi connectivity index (χ3n) is 3.32. The van der Waals surface area contributed by atoms with Gasteiger partial charge in [-0.05, 0) is 37.5 Å². The van der Waals surface area contributed by atoms with Crippen LogP contribution in [-0.4, -0.2) is 40.9 Å². The Labute approximate surface area is 154 Å². The Kier molecular flexibility index (Phi) is 9.27. The van der Waals surface area contributed by atoms with Gasteiger partial charge in [-0.3, -0.25) is 14.7 Å². The third-order valence-corrected chi connectivity index (χ3v) is 3.32. The smallest absolute Gasteiger partial charge is 0.190 e. The summed E-state index contributed by atoms with van der Waals surface area (Å²) in [7, 11) is 1.79. The summed E-state index contributed by atoms with van der Waals surface area (Å²) in [6.07, 6.45) is 7.64. The van der Waals surface area contributed by atoms with Crippen molar-refractivity contribution in [3.63, 3.8) is 0 Å². The molecular weight excluding hydrogens is 403 g/mol. The molecule has 0 aliphatic rings. The minimum atomic E-state index is 0. The van der Waals surface area contributed by atoms with Gasteiger partial charge in [-0.25, -0.2) is 0 Å². The van der Waals surface area contributed by atoms with Crippen LogP contribution in [0.25, 0.3) is 0 Å². The van der Waals surface area contributed by atoms with Gasteiger partial charge in [0.1, 0.15) is 0 Å². The van der Waals surface area contributed by atoms with Crippen LogP contribution in [-0.2, 0) is 13.0 Å². The zero-order chi connectivity index (χ0) is 15.6. The van der Waals surface area contributed by atoms with Gasteiger partial charge in [0.25, 0.3) is 0 Å². The Balaban J connectivity index is 0.00000264. The number of rotatable bonds is 7. The summed E-state index contributed by atoms with van der Waals surface area (Å²) in [6, 6.07) is 6.09. The van der Waals surface area contributed by atoms with Gasteiger partial charge in [0.15, 0.2) is 5.96 Å². The Morgan fingerprint density at radius 2 is 2.09 bits per heavy atom. The second-order valence-corrected chi connectivity index (χ2v) is 5.11. The quantitative estimate of drug-likeness (QED) is 0.307. The summed E-state index contributed by atoms with van der Waals surface area (Å²) in [5, 5.41) is 10.8. The highest BCUT2D eigenvalue weighted by molar-refractivity contribution is 14.0. The number of hydrogen-bond donors (Lipinski definition) is 2. The van der Waals surface area contributed by atoms with Crippen LogP contribution in [0, 0.1) is 6.92 Å². The summed E-state index contributed by atoms with van der Waals surface area (Å²) in [4.78, 5) is 8.52. The molecule has 0 radical (unpaired) electrons. The van der Waals surface area contributed by atoms with Gasteiger partial charge in [-0.2, -0.15) is 5.10 Å². The van der Waals surface area contributed by atoms with Gasteiger partial charge in [0.2, 0.25) is 0 Å². The van der Waals surface area contributed by atoms with E-state index in [9.17, 15) is 0 Å². The highest BCUT2D eigenvalue weighted by Gasteiger charge is 1.98. The predicted octanol–water partition coefficient (Wildman–Crippen LogP) is 2.00. The van der Waals surface area contributed by atoms with E-state index < -0.39 is 0 Å². The molecule has 0 aliphatic heterocycles. The van der Waals surface area contributed by atoms with Gasteiger partial charge < -0.3 is 10.6 Å². The summed E-state index contributed by atoms with van der Waals surface area (Å²) < 4.78 is 1.93. The van der Waals surface area contributed by atoms with E-state index in [-0.39, 0.29) is 24.0 Å². The molecule has 0 saturated carbocycles. The molecular formula is C16H25IN6. The van der Waals surface area contributed by atoms with Crippen molar-refractivity contribution in [3.8, 4) is 0 Å². The summed E-state index contributed by atoms with van der Waals surface area (Å²) in [5.41, 5.74) is 2.28. The van der Waals surface area contributed by atoms with Crippen molar-refractivity contribution in [1.29, 1.82) is 0 Å². The van der Waals surface area contributed by atoms with Crippen molar-refractivity contribution in [1.82, 2.24) is 25.4 Å². The summed E-state index contributed by atoms with van der Waals surface area (Å²) in [5.74, 6) is 0.834. The molecule has 23 heavy (non-hydrogen) atoms. The number of aromatic nitrogens is 3. The lowest BCUT2D eigenvalue weighted by Gasteiger charge is -2.12. The van der Waals surface area contributed by atoms with Crippen LogP contribution in [0.3, 0.4) is 0 Å². The van der Waals surface area contributed by atoms with Crippen molar-refractivity contribution in [2.75, 3.05) is 20.1 Å². The van der Waals surface area contributed by atoms with E-state index >= 15 is 0 Å². The summed E-state index contributed by atoms with van der Waals surface area (Å²) >= 11 is 0. The van der Waals surface area contributed by atoms with E-state index in [0.717, 1.165) is 44.1 Å². The van der Waals surface area contributed by atoms with Gasteiger partial charge in [-0.1, -0.05) is 6.07 Å². The van der Waals surface area contributed by atoms with Crippen LogP contribution in [0.4, 0.5) is 0 Å². The molecule has 0 fully saturated rings. The van der Waals surface area contributed by atoms with Crippen LogP contribution >= 0.6 is 24.0 Å². The highest BCUT2D eigenvalue weighted by atomic mass is 127. The molecule has 0 bridgehead atoms. The average Bonchev–Trinajstić information content (AvgIpc) is 3.05. The number of halogens is 1. The minimum absolute atomic E-state index is 0. The third kappa shape index (κ3) is 7.45. The minimum Gasteiger partial charge on any atom is -0.356 e. The zero-order valence-corrected chi connectivity index (χ0v) is 16.0. The molecule has 7 heteroatoms. The number of aryl methyl sites for hydroxylation is 2. The number of pyridine rings is 1. The number of nitrogens with zero attached hydrogens (tertiary/aromatic N) is 4. The van der Waals surface area contributed by atoms with Crippen molar-refractivity contribution < 1.29 is 0 Å². The maximum Gasteiger partial charge on any atom is 0.190 e. The SMILES string of the molecule is CN=C(NCCCn1cccn1)NCCc1ccc(C)nc1.I. The fraction of sp³-hybridized carbons (Fsp3) is 0.438. The lowest BCUT2D eigenvalue weighted by molar-refractivity contribution is 0.570. The fourth-order valence-corrected chi connectivity index (χ4v) is 2.07. The molecule has 0 amide bonds. The molecule has 126 valence electrons. The molecule has 0 atom stereocenters. The van der Waals surface area contributed by atoms with Crippen LogP contribution in [0.15, 0.2) is 41.8 Å². The molecule has 0 aliphatic carbocycles. The lowest BCUT2D eigenvalue weighted by atomic mass is 10.2. The van der Waals surface area contributed by atoms with Gasteiger partial charge in [-0.15, -0.1) is 24.0 Å². The molecule has 2 aromatic heterocycles. The second-order valence-electron chi connectivity index (χ2n) is 5.11. The first-order valence-corrected chi connectivity index (χ1v) is 7.61. The molecule has 2 rings (SSSR count). The van der Waals surface area contributed by atoms with Crippen molar-refractivity contribution in [2.24, 2.45) is 4.99 Å². The molecule has 0 aromatic carbocycles. The second kappa shape index (κ2) is 11.0. The van der Waals surface area contributed by atoms with Crippen molar-refractivity contribution in [3.05, 3.63) is 48.0 Å². The first kappa shape index (κ1) is 19.4. The maximum atomic E-state index is 4.30. The van der Waals surface area contributed by atoms with E-state index in [1.165, 1.54) is 5.56 Å². The Morgan fingerprint density at radius 3 is 2.74 bits per heavy atom. The maximum absolute atomic E-state index is 4.30. The Bertz CT molecular complexity index is 565. The van der Waals surface area contributed by atoms with Gasteiger partial charge in [0, 0.05) is 51.0 Å². The number of nitrogens with one attached hydrogen (secondary N) is 2. The first-order valence-electron chi connectivity index (χ1n) is 7.61. The van der Waals surface area contributed by atoms with E-state index in [2.05, 4.69) is 31.8 Å². The predicted molar refractivity (Wildman–Crippen MR) is 104 cm³/mol. The monoisotopic (exact) mass is 428 g/mol. The van der Waals surface area contributed by atoms with Crippen LogP contribution in [0.2, 0.25) is 0 Å². The number of aliphatic imine (C=N–C) groups is 1.